The number of anilines is 1. The first-order valence-electron chi connectivity index (χ1n) is 8.72. The number of pyridine rings is 1. The maximum absolute atomic E-state index is 4.83. The molecule has 0 radical (unpaired) electrons. The normalized spacial score (nSPS) is 25.1. The second-order valence-electron chi connectivity index (χ2n) is 6.75. The van der Waals surface area contributed by atoms with Gasteiger partial charge in [-0.3, -0.25) is 0 Å². The van der Waals surface area contributed by atoms with E-state index in [-0.39, 0.29) is 0 Å². The van der Waals surface area contributed by atoms with Crippen LogP contribution in [-0.2, 0) is 6.54 Å². The summed E-state index contributed by atoms with van der Waals surface area (Å²) in [4.78, 5) is 7.44. The van der Waals surface area contributed by atoms with Crippen LogP contribution in [0.4, 0.5) is 5.82 Å². The number of piperidine rings is 1. The van der Waals surface area contributed by atoms with Crippen LogP contribution in [0.25, 0.3) is 0 Å². The lowest BCUT2D eigenvalue weighted by molar-refractivity contribution is 0.360. The number of aryl methyl sites for hydroxylation is 1. The number of hydrogen-bond donors (Lipinski definition) is 1. The molecular weight excluding hydrogens is 258 g/mol. The molecule has 1 saturated carbocycles. The smallest absolute Gasteiger partial charge is 0.131 e. The van der Waals surface area contributed by atoms with E-state index < -0.39 is 0 Å². The second kappa shape index (κ2) is 6.78. The monoisotopic (exact) mass is 287 g/mol. The van der Waals surface area contributed by atoms with Crippen LogP contribution in [-0.4, -0.2) is 24.1 Å². The Morgan fingerprint density at radius 3 is 2.95 bits per heavy atom. The highest BCUT2D eigenvalue weighted by Gasteiger charge is 2.35. The number of nitrogens with zero attached hydrogens (tertiary/aromatic N) is 2. The molecular formula is C18H29N3. The largest absolute Gasteiger partial charge is 0.353 e. The minimum Gasteiger partial charge on any atom is -0.353 e. The minimum absolute atomic E-state index is 0.758. The third-order valence-electron chi connectivity index (χ3n) is 5.13. The summed E-state index contributed by atoms with van der Waals surface area (Å²) in [6.45, 7) is 7.64. The van der Waals surface area contributed by atoms with Gasteiger partial charge in [-0.1, -0.05) is 13.3 Å². The Morgan fingerprint density at radius 1 is 1.29 bits per heavy atom. The van der Waals surface area contributed by atoms with Crippen LogP contribution < -0.4 is 10.2 Å². The Labute approximate surface area is 129 Å². The molecule has 1 saturated heterocycles. The molecule has 116 valence electrons. The summed E-state index contributed by atoms with van der Waals surface area (Å²) in [7, 11) is 0. The van der Waals surface area contributed by atoms with Gasteiger partial charge in [0.2, 0.25) is 0 Å². The van der Waals surface area contributed by atoms with Crippen LogP contribution in [0.15, 0.2) is 12.3 Å². The average molecular weight is 287 g/mol. The van der Waals surface area contributed by atoms with Crippen LogP contribution in [0.2, 0.25) is 0 Å². The van der Waals surface area contributed by atoms with Crippen LogP contribution in [0, 0.1) is 12.8 Å². The number of fused-ring (bicyclic) bond motifs is 1. The molecule has 2 heterocycles. The van der Waals surface area contributed by atoms with Crippen molar-refractivity contribution >= 4 is 5.82 Å². The van der Waals surface area contributed by atoms with Crippen LogP contribution >= 0.6 is 0 Å². The molecule has 3 rings (SSSR count). The summed E-state index contributed by atoms with van der Waals surface area (Å²) >= 11 is 0. The van der Waals surface area contributed by atoms with Gasteiger partial charge in [0.1, 0.15) is 5.82 Å². The zero-order valence-corrected chi connectivity index (χ0v) is 13.6. The van der Waals surface area contributed by atoms with E-state index in [1.54, 1.807) is 0 Å². The van der Waals surface area contributed by atoms with Crippen LogP contribution in [0.1, 0.15) is 56.6 Å². The molecule has 1 aliphatic carbocycles. The molecule has 1 aliphatic heterocycles. The minimum atomic E-state index is 0.758. The highest BCUT2D eigenvalue weighted by Crippen LogP contribution is 2.39. The Morgan fingerprint density at radius 2 is 2.14 bits per heavy atom. The van der Waals surface area contributed by atoms with Gasteiger partial charge < -0.3 is 10.2 Å². The SMILES string of the molecule is CCCNCc1cnc(N2CCCC3CCCC32)c(C)c1. The highest BCUT2D eigenvalue weighted by atomic mass is 15.2. The zero-order valence-electron chi connectivity index (χ0n) is 13.6. The summed E-state index contributed by atoms with van der Waals surface area (Å²) in [5.41, 5.74) is 2.66. The zero-order chi connectivity index (χ0) is 14.7. The van der Waals surface area contributed by atoms with Gasteiger partial charge in [0.15, 0.2) is 0 Å². The third-order valence-corrected chi connectivity index (χ3v) is 5.13. The average Bonchev–Trinajstić information content (AvgIpc) is 2.96. The molecule has 1 aromatic rings. The Kier molecular flexibility index (Phi) is 4.79. The lowest BCUT2D eigenvalue weighted by Crippen LogP contribution is -2.43. The summed E-state index contributed by atoms with van der Waals surface area (Å²) in [6, 6.07) is 3.08. The predicted octanol–water partition coefficient (Wildman–Crippen LogP) is 3.66. The number of aromatic nitrogens is 1. The first-order chi connectivity index (χ1) is 10.3. The van der Waals surface area contributed by atoms with Crippen LogP contribution in [0.3, 0.4) is 0 Å². The van der Waals surface area contributed by atoms with E-state index in [2.05, 4.69) is 36.3 Å². The standard InChI is InChI=1S/C18H29N3/c1-3-9-19-12-15-11-14(2)18(20-13-15)21-10-5-7-16-6-4-8-17(16)21/h11,13,16-17,19H,3-10,12H2,1-2H3. The lowest BCUT2D eigenvalue weighted by Gasteiger charge is -2.39. The fourth-order valence-corrected chi connectivity index (χ4v) is 4.15. The second-order valence-corrected chi connectivity index (χ2v) is 6.75. The maximum Gasteiger partial charge on any atom is 0.131 e. The first kappa shape index (κ1) is 14.8. The van der Waals surface area contributed by atoms with Crippen molar-refractivity contribution in [3.8, 4) is 0 Å². The van der Waals surface area contributed by atoms with Gasteiger partial charge >= 0.3 is 0 Å². The fraction of sp³-hybridized carbons (Fsp3) is 0.722. The van der Waals surface area contributed by atoms with E-state index in [1.165, 1.54) is 62.0 Å². The van der Waals surface area contributed by atoms with Crippen molar-refractivity contribution in [2.45, 2.75) is 65.0 Å². The summed E-state index contributed by atoms with van der Waals surface area (Å²) < 4.78 is 0. The van der Waals surface area contributed by atoms with Gasteiger partial charge in [-0.25, -0.2) is 4.98 Å². The van der Waals surface area contributed by atoms with Crippen molar-refractivity contribution in [2.75, 3.05) is 18.0 Å². The van der Waals surface area contributed by atoms with Gasteiger partial charge in [0, 0.05) is 25.3 Å². The van der Waals surface area contributed by atoms with Gasteiger partial charge in [0.25, 0.3) is 0 Å². The van der Waals surface area contributed by atoms with Crippen molar-refractivity contribution in [1.29, 1.82) is 0 Å². The first-order valence-corrected chi connectivity index (χ1v) is 8.72. The van der Waals surface area contributed by atoms with Gasteiger partial charge in [-0.05, 0) is 68.7 Å². The Hall–Kier alpha value is -1.09. The van der Waals surface area contributed by atoms with E-state index in [4.69, 9.17) is 4.98 Å². The summed E-state index contributed by atoms with van der Waals surface area (Å²) in [5, 5.41) is 3.46. The number of nitrogens with one attached hydrogen (secondary N) is 1. The van der Waals surface area contributed by atoms with E-state index in [0.717, 1.165) is 25.0 Å². The molecule has 3 nitrogen and oxygen atoms in total. The fourth-order valence-electron chi connectivity index (χ4n) is 4.15. The van der Waals surface area contributed by atoms with Crippen molar-refractivity contribution in [3.63, 3.8) is 0 Å². The highest BCUT2D eigenvalue weighted by molar-refractivity contribution is 5.49. The summed E-state index contributed by atoms with van der Waals surface area (Å²) in [5.74, 6) is 2.16. The molecule has 2 unspecified atom stereocenters. The Balaban J connectivity index is 1.72. The molecule has 2 fully saturated rings. The summed E-state index contributed by atoms with van der Waals surface area (Å²) in [6.07, 6.45) is 10.2. The van der Waals surface area contributed by atoms with Crippen molar-refractivity contribution < 1.29 is 0 Å². The molecule has 2 atom stereocenters. The van der Waals surface area contributed by atoms with E-state index in [9.17, 15) is 0 Å². The van der Waals surface area contributed by atoms with Gasteiger partial charge in [-0.2, -0.15) is 0 Å². The molecule has 21 heavy (non-hydrogen) atoms. The van der Waals surface area contributed by atoms with E-state index in [1.807, 2.05) is 0 Å². The maximum atomic E-state index is 4.83. The van der Waals surface area contributed by atoms with E-state index >= 15 is 0 Å². The quantitative estimate of drug-likeness (QED) is 0.838. The van der Waals surface area contributed by atoms with Crippen molar-refractivity contribution in [2.24, 2.45) is 5.92 Å². The topological polar surface area (TPSA) is 28.2 Å². The molecule has 0 bridgehead atoms. The van der Waals surface area contributed by atoms with Crippen molar-refractivity contribution in [1.82, 2.24) is 10.3 Å². The lowest BCUT2D eigenvalue weighted by atomic mass is 9.91. The van der Waals surface area contributed by atoms with Gasteiger partial charge in [0.05, 0.1) is 0 Å². The number of hydrogen-bond acceptors (Lipinski definition) is 3. The molecule has 1 aromatic heterocycles. The van der Waals surface area contributed by atoms with E-state index in [0.29, 0.717) is 0 Å². The number of rotatable bonds is 5. The molecule has 0 amide bonds. The predicted molar refractivity (Wildman–Crippen MR) is 88.7 cm³/mol. The third kappa shape index (κ3) is 3.23. The molecule has 0 aromatic carbocycles. The van der Waals surface area contributed by atoms with Crippen molar-refractivity contribution in [3.05, 3.63) is 23.4 Å². The Bertz CT molecular complexity index is 472. The molecule has 0 spiro atoms. The van der Waals surface area contributed by atoms with Crippen LogP contribution in [0.5, 0.6) is 0 Å². The molecule has 3 heteroatoms. The van der Waals surface area contributed by atoms with Gasteiger partial charge in [-0.15, -0.1) is 0 Å². The molecule has 2 aliphatic rings. The molecule has 1 N–H and O–H groups in total.